The summed E-state index contributed by atoms with van der Waals surface area (Å²) in [7, 11) is 0. The lowest BCUT2D eigenvalue weighted by Gasteiger charge is -2.31. The highest BCUT2D eigenvalue weighted by molar-refractivity contribution is 7.19. The molecule has 1 saturated carbocycles. The van der Waals surface area contributed by atoms with Crippen molar-refractivity contribution in [2.24, 2.45) is 5.73 Å². The minimum absolute atomic E-state index is 0.351. The number of nitrogens with two attached hydrogens (primary N) is 1. The average Bonchev–Trinajstić information content (AvgIpc) is 3.31. The van der Waals surface area contributed by atoms with Crippen molar-refractivity contribution < 1.29 is 9.59 Å². The monoisotopic (exact) mass is 386 g/mol. The van der Waals surface area contributed by atoms with Crippen molar-refractivity contribution in [3.05, 3.63) is 23.8 Å². The summed E-state index contributed by atoms with van der Waals surface area (Å²) in [5.74, 6) is 0.860. The summed E-state index contributed by atoms with van der Waals surface area (Å²) >= 11 is 1.37. The molecule has 3 N–H and O–H groups in total. The second-order valence-electron chi connectivity index (χ2n) is 7.33. The molecule has 0 unspecified atom stereocenters. The molecule has 2 fully saturated rings. The van der Waals surface area contributed by atoms with Gasteiger partial charge in [0.05, 0.1) is 16.3 Å². The number of amides is 3. The van der Waals surface area contributed by atoms with E-state index < -0.39 is 11.4 Å². The molecule has 0 spiro atoms. The van der Waals surface area contributed by atoms with E-state index in [1.165, 1.54) is 16.2 Å². The van der Waals surface area contributed by atoms with Gasteiger partial charge in [-0.25, -0.2) is 19.7 Å². The van der Waals surface area contributed by atoms with E-state index in [-0.39, 0.29) is 6.03 Å². The number of hydrogen-bond acceptors (Lipinski definition) is 6. The molecule has 0 bridgehead atoms. The number of aromatic nitrogens is 3. The number of hydrogen-bond donors (Lipinski definition) is 2. The van der Waals surface area contributed by atoms with Gasteiger partial charge in [0.25, 0.3) is 0 Å². The van der Waals surface area contributed by atoms with Crippen LogP contribution in [0.15, 0.2) is 12.3 Å². The minimum Gasteiger partial charge on any atom is -0.368 e. The van der Waals surface area contributed by atoms with Crippen LogP contribution in [0.4, 0.5) is 9.93 Å². The van der Waals surface area contributed by atoms with E-state index in [0.29, 0.717) is 24.0 Å². The molecule has 9 heteroatoms. The molecule has 4 rings (SSSR count). The Kier molecular flexibility index (Phi) is 4.33. The first kappa shape index (κ1) is 17.8. The van der Waals surface area contributed by atoms with Gasteiger partial charge in [-0.15, -0.1) is 0 Å². The number of urea groups is 1. The fourth-order valence-electron chi connectivity index (χ4n) is 3.43. The normalized spacial score (nSPS) is 22.1. The Morgan fingerprint density at radius 1 is 1.37 bits per heavy atom. The zero-order chi connectivity index (χ0) is 19.2. The van der Waals surface area contributed by atoms with Gasteiger partial charge in [-0.2, -0.15) is 0 Å². The van der Waals surface area contributed by atoms with Crippen LogP contribution in [-0.4, -0.2) is 43.9 Å². The third-order valence-electron chi connectivity index (χ3n) is 5.28. The topological polar surface area (TPSA) is 114 Å². The van der Waals surface area contributed by atoms with E-state index in [2.05, 4.69) is 20.3 Å². The van der Waals surface area contributed by atoms with Crippen molar-refractivity contribution in [2.75, 3.05) is 11.9 Å². The van der Waals surface area contributed by atoms with Gasteiger partial charge >= 0.3 is 6.03 Å². The van der Waals surface area contributed by atoms with Crippen LogP contribution in [0.2, 0.25) is 0 Å². The molecule has 142 valence electrons. The predicted molar refractivity (Wildman–Crippen MR) is 102 cm³/mol. The third kappa shape index (κ3) is 3.27. The zero-order valence-electron chi connectivity index (χ0n) is 15.4. The van der Waals surface area contributed by atoms with Crippen LogP contribution in [0, 0.1) is 6.92 Å². The summed E-state index contributed by atoms with van der Waals surface area (Å²) in [5, 5.41) is 3.30. The molecule has 1 atom stereocenters. The molecule has 1 aliphatic carbocycles. The maximum atomic E-state index is 12.7. The van der Waals surface area contributed by atoms with Crippen molar-refractivity contribution in [3.8, 4) is 10.6 Å². The number of rotatable bonds is 4. The molecular formula is C18H22N6O2S. The summed E-state index contributed by atoms with van der Waals surface area (Å²) in [6.07, 6.45) is 5.38. The van der Waals surface area contributed by atoms with Crippen LogP contribution < -0.4 is 11.1 Å². The Balaban J connectivity index is 1.54. The highest BCUT2D eigenvalue weighted by Gasteiger charge is 2.44. The largest absolute Gasteiger partial charge is 0.368 e. The van der Waals surface area contributed by atoms with Crippen molar-refractivity contribution >= 4 is 28.4 Å². The molecule has 2 aliphatic rings. The van der Waals surface area contributed by atoms with Crippen molar-refractivity contribution in [1.82, 2.24) is 19.9 Å². The maximum Gasteiger partial charge on any atom is 0.324 e. The van der Waals surface area contributed by atoms with Crippen LogP contribution in [-0.2, 0) is 4.79 Å². The number of anilines is 1. The molecule has 0 aromatic carbocycles. The van der Waals surface area contributed by atoms with Crippen molar-refractivity contribution in [3.63, 3.8) is 0 Å². The molecule has 3 amide bonds. The van der Waals surface area contributed by atoms with E-state index in [4.69, 9.17) is 5.73 Å². The third-order valence-corrected chi connectivity index (χ3v) is 6.37. The van der Waals surface area contributed by atoms with Crippen LogP contribution in [0.1, 0.15) is 50.0 Å². The molecule has 0 radical (unpaired) electrons. The Labute approximate surface area is 161 Å². The standard InChI is InChI=1S/C18H22N6O2S/c1-10-13(12-6-8-20-14(22-12)11-4-5-11)27-16(21-10)23-17(26)24-9-3-7-18(24,2)15(19)25/h6,8,11H,3-5,7,9H2,1-2H3,(H2,19,25)(H,21,23,26)/t18-/m0/s1. The second-order valence-corrected chi connectivity index (χ2v) is 8.33. The number of primary amides is 1. The first-order valence-electron chi connectivity index (χ1n) is 9.08. The Morgan fingerprint density at radius 3 is 2.85 bits per heavy atom. The van der Waals surface area contributed by atoms with E-state index >= 15 is 0 Å². The van der Waals surface area contributed by atoms with E-state index in [9.17, 15) is 9.59 Å². The van der Waals surface area contributed by atoms with Crippen LogP contribution >= 0.6 is 11.3 Å². The number of nitrogens with one attached hydrogen (secondary N) is 1. The Hall–Kier alpha value is -2.55. The molecular weight excluding hydrogens is 364 g/mol. The predicted octanol–water partition coefficient (Wildman–Crippen LogP) is 2.66. The van der Waals surface area contributed by atoms with Crippen molar-refractivity contribution in [2.45, 2.75) is 51.0 Å². The van der Waals surface area contributed by atoms with Gasteiger partial charge in [-0.1, -0.05) is 11.3 Å². The maximum absolute atomic E-state index is 12.7. The fourth-order valence-corrected chi connectivity index (χ4v) is 4.36. The lowest BCUT2D eigenvalue weighted by atomic mass is 9.98. The number of carbonyl (C=O) groups excluding carboxylic acids is 2. The molecule has 2 aromatic rings. The Morgan fingerprint density at radius 2 is 2.15 bits per heavy atom. The van der Waals surface area contributed by atoms with Gasteiger partial charge in [0, 0.05) is 18.7 Å². The summed E-state index contributed by atoms with van der Waals surface area (Å²) < 4.78 is 0. The number of likely N-dealkylation sites (tertiary alicyclic amines) is 1. The number of nitrogens with zero attached hydrogens (tertiary/aromatic N) is 4. The molecule has 27 heavy (non-hydrogen) atoms. The number of carbonyl (C=O) groups is 2. The number of aryl methyl sites for hydroxylation is 1. The number of thiazole rings is 1. The quantitative estimate of drug-likeness (QED) is 0.838. The van der Waals surface area contributed by atoms with Crippen molar-refractivity contribution in [1.29, 1.82) is 0 Å². The highest BCUT2D eigenvalue weighted by atomic mass is 32.1. The van der Waals surface area contributed by atoms with Gasteiger partial charge in [-0.3, -0.25) is 10.1 Å². The summed E-state index contributed by atoms with van der Waals surface area (Å²) in [6, 6.07) is 1.51. The van der Waals surface area contributed by atoms with Crippen LogP contribution in [0.25, 0.3) is 10.6 Å². The first-order valence-corrected chi connectivity index (χ1v) is 9.89. The van der Waals surface area contributed by atoms with Gasteiger partial charge in [0.2, 0.25) is 5.91 Å². The Bertz CT molecular complexity index is 909. The SMILES string of the molecule is Cc1nc(NC(=O)N2CCC[C@@]2(C)C(N)=O)sc1-c1ccnc(C2CC2)n1. The smallest absolute Gasteiger partial charge is 0.324 e. The molecule has 3 heterocycles. The van der Waals surface area contributed by atoms with E-state index in [1.54, 1.807) is 13.1 Å². The van der Waals surface area contributed by atoms with E-state index in [1.807, 2.05) is 13.0 Å². The second kappa shape index (κ2) is 6.56. The molecule has 1 aliphatic heterocycles. The fraction of sp³-hybridized carbons (Fsp3) is 0.500. The van der Waals surface area contributed by atoms with Gasteiger partial charge in [0.15, 0.2) is 5.13 Å². The summed E-state index contributed by atoms with van der Waals surface area (Å²) in [6.45, 7) is 4.10. The van der Waals surface area contributed by atoms with Crippen LogP contribution in [0.3, 0.4) is 0 Å². The van der Waals surface area contributed by atoms with Crippen LogP contribution in [0.5, 0.6) is 0 Å². The average molecular weight is 386 g/mol. The lowest BCUT2D eigenvalue weighted by Crippen LogP contribution is -2.55. The van der Waals surface area contributed by atoms with Gasteiger partial charge in [-0.05, 0) is 45.6 Å². The highest BCUT2D eigenvalue weighted by Crippen LogP contribution is 2.39. The van der Waals surface area contributed by atoms with Gasteiger partial charge < -0.3 is 10.6 Å². The van der Waals surface area contributed by atoms with Gasteiger partial charge in [0.1, 0.15) is 11.4 Å². The zero-order valence-corrected chi connectivity index (χ0v) is 16.2. The lowest BCUT2D eigenvalue weighted by molar-refractivity contribution is -0.126. The minimum atomic E-state index is -0.953. The first-order chi connectivity index (χ1) is 12.9. The molecule has 1 saturated heterocycles. The van der Waals surface area contributed by atoms with E-state index in [0.717, 1.165) is 41.4 Å². The molecule has 2 aromatic heterocycles. The molecule has 8 nitrogen and oxygen atoms in total. The summed E-state index contributed by atoms with van der Waals surface area (Å²) in [4.78, 5) is 40.4. The summed E-state index contributed by atoms with van der Waals surface area (Å²) in [5.41, 5.74) is 6.19.